The lowest BCUT2D eigenvalue weighted by molar-refractivity contribution is -0.141. The highest BCUT2D eigenvalue weighted by atomic mass is 19.4. The Morgan fingerprint density at radius 2 is 1.96 bits per heavy atom. The van der Waals surface area contributed by atoms with Gasteiger partial charge in [-0.3, -0.25) is 4.68 Å². The van der Waals surface area contributed by atoms with E-state index in [0.717, 1.165) is 15.9 Å². The molecule has 0 aliphatic carbocycles. The molecule has 1 N–H and O–H groups in total. The smallest absolute Gasteiger partial charge is 0.406 e. The van der Waals surface area contributed by atoms with E-state index in [1.807, 2.05) is 24.3 Å². The summed E-state index contributed by atoms with van der Waals surface area (Å²) in [5.74, 6) is 1.09. The maximum absolute atomic E-state index is 12.5. The molecule has 2 aromatic heterocycles. The van der Waals surface area contributed by atoms with E-state index < -0.39 is 12.7 Å². The molecule has 0 fully saturated rings. The molecular formula is C17H18F3N5O. The standard InChI is InChI=1S/C17H18F3N5O/c1-26-15-4-2-13(3-5-15)10-25-11-14(8-23-25)22-9-16-21-6-7-24(16)12-17(18,19)20/h2-8,11,22H,9-10,12H2,1H3. The second-order valence-electron chi connectivity index (χ2n) is 5.71. The van der Waals surface area contributed by atoms with Crippen molar-refractivity contribution in [2.75, 3.05) is 12.4 Å². The number of ether oxygens (including phenoxy) is 1. The van der Waals surface area contributed by atoms with Crippen LogP contribution in [0, 0.1) is 0 Å². The van der Waals surface area contributed by atoms with Gasteiger partial charge in [0.25, 0.3) is 0 Å². The molecule has 0 bridgehead atoms. The molecule has 0 spiro atoms. The van der Waals surface area contributed by atoms with Crippen molar-refractivity contribution < 1.29 is 17.9 Å². The van der Waals surface area contributed by atoms with Gasteiger partial charge in [0.15, 0.2) is 0 Å². The Labute approximate surface area is 148 Å². The van der Waals surface area contributed by atoms with Gasteiger partial charge in [0.05, 0.1) is 32.1 Å². The summed E-state index contributed by atoms with van der Waals surface area (Å²) < 4.78 is 45.5. The Balaban J connectivity index is 1.58. The lowest BCUT2D eigenvalue weighted by atomic mass is 10.2. The number of anilines is 1. The van der Waals surface area contributed by atoms with Crippen molar-refractivity contribution in [3.8, 4) is 5.75 Å². The number of nitrogens with zero attached hydrogens (tertiary/aromatic N) is 4. The lowest BCUT2D eigenvalue weighted by Crippen LogP contribution is -2.20. The zero-order valence-corrected chi connectivity index (χ0v) is 14.1. The highest BCUT2D eigenvalue weighted by Gasteiger charge is 2.28. The summed E-state index contributed by atoms with van der Waals surface area (Å²) in [4.78, 5) is 3.97. The molecule has 0 atom stereocenters. The van der Waals surface area contributed by atoms with Crippen LogP contribution in [0.25, 0.3) is 0 Å². The first-order valence-electron chi connectivity index (χ1n) is 7.89. The number of imidazole rings is 1. The van der Waals surface area contributed by atoms with E-state index in [-0.39, 0.29) is 6.54 Å². The Morgan fingerprint density at radius 1 is 1.19 bits per heavy atom. The zero-order valence-electron chi connectivity index (χ0n) is 14.1. The van der Waals surface area contributed by atoms with Crippen molar-refractivity contribution in [3.63, 3.8) is 0 Å². The Kier molecular flexibility index (Phi) is 5.15. The fourth-order valence-electron chi connectivity index (χ4n) is 2.48. The molecule has 1 aromatic carbocycles. The number of alkyl halides is 3. The highest BCUT2D eigenvalue weighted by molar-refractivity contribution is 5.38. The second-order valence-corrected chi connectivity index (χ2v) is 5.71. The topological polar surface area (TPSA) is 56.9 Å². The highest BCUT2D eigenvalue weighted by Crippen LogP contribution is 2.19. The summed E-state index contributed by atoms with van der Waals surface area (Å²) in [5, 5.41) is 7.30. The molecule has 9 heteroatoms. The molecule has 3 rings (SSSR count). The average molecular weight is 365 g/mol. The van der Waals surface area contributed by atoms with Crippen LogP contribution in [0.15, 0.2) is 49.1 Å². The molecule has 0 aliphatic heterocycles. The molecule has 0 unspecified atom stereocenters. The van der Waals surface area contributed by atoms with E-state index in [9.17, 15) is 13.2 Å². The first kappa shape index (κ1) is 17.8. The van der Waals surface area contributed by atoms with Crippen molar-refractivity contribution in [2.45, 2.75) is 25.8 Å². The number of methoxy groups -OCH3 is 1. The van der Waals surface area contributed by atoms with Gasteiger partial charge in [-0.15, -0.1) is 0 Å². The minimum atomic E-state index is -4.28. The summed E-state index contributed by atoms with van der Waals surface area (Å²) in [6, 6.07) is 7.64. The van der Waals surface area contributed by atoms with Crippen molar-refractivity contribution in [2.24, 2.45) is 0 Å². The van der Waals surface area contributed by atoms with E-state index in [0.29, 0.717) is 18.1 Å². The third-order valence-corrected chi connectivity index (χ3v) is 3.74. The average Bonchev–Trinajstić information content (AvgIpc) is 3.21. The van der Waals surface area contributed by atoms with Gasteiger partial charge >= 0.3 is 6.18 Å². The maximum atomic E-state index is 12.5. The van der Waals surface area contributed by atoms with Crippen LogP contribution in [0.5, 0.6) is 5.75 Å². The van der Waals surface area contributed by atoms with Gasteiger partial charge in [0.2, 0.25) is 0 Å². The quantitative estimate of drug-likeness (QED) is 0.698. The minimum absolute atomic E-state index is 0.178. The summed E-state index contributed by atoms with van der Waals surface area (Å²) in [5.41, 5.74) is 1.77. The van der Waals surface area contributed by atoms with Crippen LogP contribution in [0.1, 0.15) is 11.4 Å². The van der Waals surface area contributed by atoms with Crippen molar-refractivity contribution >= 4 is 5.69 Å². The van der Waals surface area contributed by atoms with Gasteiger partial charge in [-0.2, -0.15) is 18.3 Å². The molecule has 3 aromatic rings. The van der Waals surface area contributed by atoms with Crippen molar-refractivity contribution in [3.05, 3.63) is 60.4 Å². The van der Waals surface area contributed by atoms with Crippen molar-refractivity contribution in [1.82, 2.24) is 19.3 Å². The minimum Gasteiger partial charge on any atom is -0.497 e. The molecule has 138 valence electrons. The summed E-state index contributed by atoms with van der Waals surface area (Å²) in [6.45, 7) is -0.299. The number of rotatable bonds is 7. The number of halogens is 3. The van der Waals surface area contributed by atoms with Gasteiger partial charge in [-0.25, -0.2) is 4.98 Å². The SMILES string of the molecule is COc1ccc(Cn2cc(NCc3nccn3CC(F)(F)F)cn2)cc1. The molecule has 0 aliphatic rings. The van der Waals surface area contributed by atoms with Gasteiger partial charge in [0.1, 0.15) is 18.1 Å². The normalized spacial score (nSPS) is 11.5. The van der Waals surface area contributed by atoms with Crippen LogP contribution in [0.2, 0.25) is 0 Å². The first-order chi connectivity index (χ1) is 12.4. The predicted molar refractivity (Wildman–Crippen MR) is 89.9 cm³/mol. The molecule has 0 saturated heterocycles. The number of aromatic nitrogens is 4. The van der Waals surface area contributed by atoms with Crippen LogP contribution in [0.3, 0.4) is 0 Å². The fourth-order valence-corrected chi connectivity index (χ4v) is 2.48. The predicted octanol–water partition coefficient (Wildman–Crippen LogP) is 3.31. The molecule has 0 radical (unpaired) electrons. The largest absolute Gasteiger partial charge is 0.497 e. The van der Waals surface area contributed by atoms with Gasteiger partial charge in [-0.1, -0.05) is 12.1 Å². The van der Waals surface area contributed by atoms with E-state index in [1.54, 1.807) is 24.2 Å². The summed E-state index contributed by atoms with van der Waals surface area (Å²) in [6.07, 6.45) is 1.81. The third-order valence-electron chi connectivity index (χ3n) is 3.74. The Bertz CT molecular complexity index is 839. The van der Waals surface area contributed by atoms with E-state index in [2.05, 4.69) is 15.4 Å². The third kappa shape index (κ3) is 4.78. The monoisotopic (exact) mass is 365 g/mol. The number of hydrogen-bond acceptors (Lipinski definition) is 4. The van der Waals surface area contributed by atoms with Gasteiger partial charge in [-0.05, 0) is 17.7 Å². The number of hydrogen-bond donors (Lipinski definition) is 1. The zero-order chi connectivity index (χ0) is 18.6. The molecule has 2 heterocycles. The van der Waals surface area contributed by atoms with Gasteiger partial charge in [0, 0.05) is 18.6 Å². The molecular weight excluding hydrogens is 347 g/mol. The second kappa shape index (κ2) is 7.51. The maximum Gasteiger partial charge on any atom is 0.406 e. The lowest BCUT2D eigenvalue weighted by Gasteiger charge is -2.11. The molecule has 6 nitrogen and oxygen atoms in total. The summed E-state index contributed by atoms with van der Waals surface area (Å²) in [7, 11) is 1.61. The Hall–Kier alpha value is -2.97. The molecule has 26 heavy (non-hydrogen) atoms. The van der Waals surface area contributed by atoms with Crippen LogP contribution in [0.4, 0.5) is 18.9 Å². The fraction of sp³-hybridized carbons (Fsp3) is 0.294. The molecule has 0 saturated carbocycles. The van der Waals surface area contributed by atoms with E-state index in [1.165, 1.54) is 12.4 Å². The number of nitrogens with one attached hydrogen (secondary N) is 1. The van der Waals surface area contributed by atoms with Crippen LogP contribution < -0.4 is 10.1 Å². The first-order valence-corrected chi connectivity index (χ1v) is 7.89. The van der Waals surface area contributed by atoms with Crippen LogP contribution >= 0.6 is 0 Å². The van der Waals surface area contributed by atoms with E-state index in [4.69, 9.17) is 4.74 Å². The summed E-state index contributed by atoms with van der Waals surface area (Å²) >= 11 is 0. The van der Waals surface area contributed by atoms with Crippen molar-refractivity contribution in [1.29, 1.82) is 0 Å². The Morgan fingerprint density at radius 3 is 2.65 bits per heavy atom. The van der Waals surface area contributed by atoms with E-state index >= 15 is 0 Å². The number of benzene rings is 1. The van der Waals surface area contributed by atoms with Crippen LogP contribution in [-0.4, -0.2) is 32.6 Å². The molecule has 0 amide bonds. The van der Waals surface area contributed by atoms with Gasteiger partial charge < -0.3 is 14.6 Å². The van der Waals surface area contributed by atoms with Crippen LogP contribution in [-0.2, 0) is 19.6 Å².